The van der Waals surface area contributed by atoms with E-state index >= 15 is 0 Å². The van der Waals surface area contributed by atoms with Crippen molar-refractivity contribution >= 4 is 14.7 Å². The maximum absolute atomic E-state index is 11.9. The lowest BCUT2D eigenvalue weighted by Gasteiger charge is -2.28. The highest BCUT2D eigenvalue weighted by molar-refractivity contribution is 6.60. The molecule has 0 aliphatic carbocycles. The van der Waals surface area contributed by atoms with Crippen LogP contribution in [-0.4, -0.2) is 53.7 Å². The zero-order chi connectivity index (χ0) is 15.6. The molecule has 21 heavy (non-hydrogen) atoms. The highest BCUT2D eigenvalue weighted by Gasteiger charge is 2.39. The minimum atomic E-state index is -2.57. The van der Waals surface area contributed by atoms with E-state index in [4.69, 9.17) is 13.3 Å². The van der Waals surface area contributed by atoms with Gasteiger partial charge in [-0.3, -0.25) is 4.79 Å². The van der Waals surface area contributed by atoms with Crippen molar-refractivity contribution in [3.8, 4) is 0 Å². The largest absolute Gasteiger partial charge is 0.500 e. The molecule has 2 N–H and O–H groups in total. The van der Waals surface area contributed by atoms with Gasteiger partial charge in [-0.05, 0) is 46.6 Å². The van der Waals surface area contributed by atoms with Crippen LogP contribution in [0.2, 0.25) is 6.04 Å². The Hall–Kier alpha value is -0.473. The van der Waals surface area contributed by atoms with Crippen LogP contribution in [0.15, 0.2) is 0 Å². The van der Waals surface area contributed by atoms with Gasteiger partial charge in [-0.15, -0.1) is 0 Å². The lowest BCUT2D eigenvalue weighted by Crippen LogP contribution is -2.47. The number of hydrogen-bond acceptors (Lipinski definition) is 5. The molecular formula is C14H30N2O4Si. The Bertz CT molecular complexity index is 282. The summed E-state index contributed by atoms with van der Waals surface area (Å²) in [4.78, 5) is 11.9. The summed E-state index contributed by atoms with van der Waals surface area (Å²) >= 11 is 0. The maximum Gasteiger partial charge on any atom is 0.500 e. The number of hydrogen-bond donors (Lipinski definition) is 2. The van der Waals surface area contributed by atoms with Crippen molar-refractivity contribution in [2.75, 3.05) is 32.9 Å². The Morgan fingerprint density at radius 3 is 2.29 bits per heavy atom. The van der Waals surface area contributed by atoms with Gasteiger partial charge in [-0.25, -0.2) is 0 Å². The van der Waals surface area contributed by atoms with Gasteiger partial charge in [0.05, 0.1) is 6.04 Å². The number of nitrogens with one attached hydrogen (secondary N) is 2. The fraction of sp³-hybridized carbons (Fsp3) is 0.929. The average Bonchev–Trinajstić information content (AvgIpc) is 2.98. The third-order valence-electron chi connectivity index (χ3n) is 3.43. The zero-order valence-electron chi connectivity index (χ0n) is 13.6. The van der Waals surface area contributed by atoms with E-state index in [1.54, 1.807) is 0 Å². The molecule has 1 atom stereocenters. The molecule has 0 aromatic rings. The SMILES string of the molecule is CCO[Si](CCCNC(=O)C1CCCN1)(OCC)OCC. The Morgan fingerprint density at radius 1 is 1.19 bits per heavy atom. The second-order valence-corrected chi connectivity index (χ2v) is 7.76. The summed E-state index contributed by atoms with van der Waals surface area (Å²) in [7, 11) is -2.57. The topological polar surface area (TPSA) is 68.8 Å². The van der Waals surface area contributed by atoms with Crippen LogP contribution in [0.3, 0.4) is 0 Å². The van der Waals surface area contributed by atoms with Crippen LogP contribution < -0.4 is 10.6 Å². The summed E-state index contributed by atoms with van der Waals surface area (Å²) in [6, 6.07) is 0.721. The van der Waals surface area contributed by atoms with Crippen molar-refractivity contribution in [3.05, 3.63) is 0 Å². The Kier molecular flexibility index (Phi) is 9.10. The molecule has 1 amide bonds. The fourth-order valence-corrected chi connectivity index (χ4v) is 5.16. The molecule has 1 fully saturated rings. The minimum Gasteiger partial charge on any atom is -0.374 e. The Balaban J connectivity index is 2.32. The van der Waals surface area contributed by atoms with E-state index in [0.717, 1.165) is 31.9 Å². The molecule has 1 rings (SSSR count). The molecule has 124 valence electrons. The van der Waals surface area contributed by atoms with Crippen LogP contribution in [0.1, 0.15) is 40.0 Å². The monoisotopic (exact) mass is 318 g/mol. The van der Waals surface area contributed by atoms with Crippen molar-refractivity contribution in [1.82, 2.24) is 10.6 Å². The first-order chi connectivity index (χ1) is 10.2. The van der Waals surface area contributed by atoms with E-state index in [2.05, 4.69) is 10.6 Å². The lowest BCUT2D eigenvalue weighted by atomic mass is 10.2. The summed E-state index contributed by atoms with van der Waals surface area (Å²) in [6.07, 6.45) is 2.82. The van der Waals surface area contributed by atoms with Crippen LogP contribution in [0.5, 0.6) is 0 Å². The van der Waals surface area contributed by atoms with Gasteiger partial charge in [0.1, 0.15) is 0 Å². The van der Waals surface area contributed by atoms with E-state index in [9.17, 15) is 4.79 Å². The van der Waals surface area contributed by atoms with Crippen LogP contribution in [0, 0.1) is 0 Å². The van der Waals surface area contributed by atoms with Crippen LogP contribution in [0.25, 0.3) is 0 Å². The first-order valence-electron chi connectivity index (χ1n) is 8.10. The fourth-order valence-electron chi connectivity index (χ4n) is 2.55. The molecule has 0 radical (unpaired) electrons. The average molecular weight is 318 g/mol. The van der Waals surface area contributed by atoms with E-state index in [-0.39, 0.29) is 11.9 Å². The number of amides is 1. The quantitative estimate of drug-likeness (QED) is 0.444. The van der Waals surface area contributed by atoms with Gasteiger partial charge < -0.3 is 23.9 Å². The molecule has 1 aliphatic rings. The third-order valence-corrected chi connectivity index (χ3v) is 6.58. The summed E-state index contributed by atoms with van der Waals surface area (Å²) in [5.74, 6) is 0.101. The molecule has 1 heterocycles. The predicted octanol–water partition coefficient (Wildman–Crippen LogP) is 1.29. The zero-order valence-corrected chi connectivity index (χ0v) is 14.6. The van der Waals surface area contributed by atoms with Crippen LogP contribution >= 0.6 is 0 Å². The highest BCUT2D eigenvalue weighted by Crippen LogP contribution is 2.17. The van der Waals surface area contributed by atoms with Gasteiger partial charge in [-0.1, -0.05) is 0 Å². The highest BCUT2D eigenvalue weighted by atomic mass is 28.4. The smallest absolute Gasteiger partial charge is 0.374 e. The molecule has 1 unspecified atom stereocenters. The lowest BCUT2D eigenvalue weighted by molar-refractivity contribution is -0.122. The van der Waals surface area contributed by atoms with Crippen molar-refractivity contribution in [1.29, 1.82) is 0 Å². The van der Waals surface area contributed by atoms with Crippen molar-refractivity contribution in [2.45, 2.75) is 52.1 Å². The van der Waals surface area contributed by atoms with E-state index in [0.29, 0.717) is 26.4 Å². The van der Waals surface area contributed by atoms with Crippen molar-refractivity contribution in [2.24, 2.45) is 0 Å². The summed E-state index contributed by atoms with van der Waals surface area (Å²) in [5.41, 5.74) is 0. The molecule has 6 nitrogen and oxygen atoms in total. The van der Waals surface area contributed by atoms with Crippen LogP contribution in [-0.2, 0) is 18.1 Å². The number of carbonyl (C=O) groups excluding carboxylic acids is 1. The van der Waals surface area contributed by atoms with E-state index in [1.165, 1.54) is 0 Å². The third kappa shape index (κ3) is 6.44. The number of rotatable bonds is 11. The maximum atomic E-state index is 11.9. The molecule has 0 bridgehead atoms. The van der Waals surface area contributed by atoms with E-state index in [1.807, 2.05) is 20.8 Å². The standard InChI is InChI=1S/C14H30N2O4Si/c1-4-18-21(19-5-2,20-6-3)12-8-11-16-14(17)13-9-7-10-15-13/h13,15H,4-12H2,1-3H3,(H,16,17). The minimum absolute atomic E-state index is 0.0160. The first kappa shape index (κ1) is 18.6. The Morgan fingerprint density at radius 2 is 1.81 bits per heavy atom. The van der Waals surface area contributed by atoms with Gasteiger partial charge in [-0.2, -0.15) is 0 Å². The van der Waals surface area contributed by atoms with Crippen molar-refractivity contribution < 1.29 is 18.1 Å². The summed E-state index contributed by atoms with van der Waals surface area (Å²) in [6.45, 7) is 9.19. The molecule has 1 aliphatic heterocycles. The van der Waals surface area contributed by atoms with Gasteiger partial charge in [0.25, 0.3) is 0 Å². The van der Waals surface area contributed by atoms with Gasteiger partial charge in [0.15, 0.2) is 0 Å². The molecule has 0 spiro atoms. The van der Waals surface area contributed by atoms with Crippen molar-refractivity contribution in [3.63, 3.8) is 0 Å². The number of carbonyl (C=O) groups is 1. The second-order valence-electron chi connectivity index (χ2n) is 5.03. The molecule has 1 saturated heterocycles. The molecule has 0 aromatic carbocycles. The molecule has 0 aromatic heterocycles. The molecule has 0 saturated carbocycles. The Labute approximate surface area is 129 Å². The predicted molar refractivity (Wildman–Crippen MR) is 84.1 cm³/mol. The summed E-state index contributed by atoms with van der Waals surface area (Å²) in [5, 5.41) is 6.17. The van der Waals surface area contributed by atoms with Gasteiger partial charge in [0, 0.05) is 32.4 Å². The van der Waals surface area contributed by atoms with Gasteiger partial charge >= 0.3 is 8.80 Å². The van der Waals surface area contributed by atoms with E-state index < -0.39 is 8.80 Å². The first-order valence-corrected chi connectivity index (χ1v) is 10.0. The second kappa shape index (κ2) is 10.3. The normalized spacial score (nSPS) is 18.9. The molecular weight excluding hydrogens is 288 g/mol. The molecule has 7 heteroatoms. The van der Waals surface area contributed by atoms with Crippen LogP contribution in [0.4, 0.5) is 0 Å². The van der Waals surface area contributed by atoms with Gasteiger partial charge in [0.2, 0.25) is 5.91 Å². The summed E-state index contributed by atoms with van der Waals surface area (Å²) < 4.78 is 17.4.